The van der Waals surface area contributed by atoms with Gasteiger partial charge in [-0.3, -0.25) is 9.97 Å². The largest absolute Gasteiger partial charge is 0.496 e. The first-order valence-corrected chi connectivity index (χ1v) is 10.3. The Morgan fingerprint density at radius 2 is 1.48 bits per heavy atom. The lowest BCUT2D eigenvalue weighted by molar-refractivity contribution is 0.408. The monoisotopic (exact) mass is 412 g/mol. The quantitative estimate of drug-likeness (QED) is 0.374. The molecule has 0 aliphatic carbocycles. The highest BCUT2D eigenvalue weighted by atomic mass is 19.1. The van der Waals surface area contributed by atoms with Crippen LogP contribution in [0.15, 0.2) is 79.4 Å². The summed E-state index contributed by atoms with van der Waals surface area (Å²) in [6, 6.07) is 17.2. The number of hydrogen-bond acceptors (Lipinski definition) is 3. The lowest BCUT2D eigenvalue weighted by Crippen LogP contribution is -2.07. The number of pyridine rings is 2. The van der Waals surface area contributed by atoms with Gasteiger partial charge in [0.25, 0.3) is 0 Å². The van der Waals surface area contributed by atoms with Crippen LogP contribution in [-0.4, -0.2) is 17.1 Å². The van der Waals surface area contributed by atoms with Gasteiger partial charge in [0, 0.05) is 30.7 Å². The normalized spacial score (nSPS) is 11.0. The Bertz CT molecular complexity index is 1110. The third-order valence-corrected chi connectivity index (χ3v) is 5.64. The van der Waals surface area contributed by atoms with Gasteiger partial charge < -0.3 is 4.74 Å². The van der Waals surface area contributed by atoms with Gasteiger partial charge in [0.05, 0.1) is 7.11 Å². The fraction of sp³-hybridized carbons (Fsp3) is 0.185. The van der Waals surface area contributed by atoms with Crippen LogP contribution in [0.1, 0.15) is 33.7 Å². The number of halogens is 1. The molecule has 0 spiro atoms. The highest BCUT2D eigenvalue weighted by Gasteiger charge is 2.19. The Morgan fingerprint density at radius 1 is 0.871 bits per heavy atom. The zero-order valence-corrected chi connectivity index (χ0v) is 18.0. The van der Waals surface area contributed by atoms with E-state index in [9.17, 15) is 4.39 Å². The van der Waals surface area contributed by atoms with E-state index < -0.39 is 0 Å². The average molecular weight is 413 g/mol. The maximum absolute atomic E-state index is 14.3. The first kappa shape index (κ1) is 20.7. The van der Waals surface area contributed by atoms with Crippen molar-refractivity contribution in [1.29, 1.82) is 0 Å². The molecule has 0 saturated heterocycles. The summed E-state index contributed by atoms with van der Waals surface area (Å²) in [5, 5.41) is 0. The zero-order valence-electron chi connectivity index (χ0n) is 18.0. The molecule has 0 bridgehead atoms. The number of hydrogen-bond donors (Lipinski definition) is 0. The van der Waals surface area contributed by atoms with Crippen LogP contribution in [0, 0.1) is 19.7 Å². The van der Waals surface area contributed by atoms with E-state index in [1.54, 1.807) is 25.6 Å². The highest BCUT2D eigenvalue weighted by molar-refractivity contribution is 5.71. The Balaban J connectivity index is 1.81. The minimum atomic E-state index is -0.246. The van der Waals surface area contributed by atoms with Crippen molar-refractivity contribution in [2.75, 3.05) is 7.11 Å². The molecule has 4 rings (SSSR count). The molecule has 2 heterocycles. The van der Waals surface area contributed by atoms with Crippen LogP contribution in [0.4, 0.5) is 4.39 Å². The summed E-state index contributed by atoms with van der Waals surface area (Å²) in [6.45, 7) is 4.03. The van der Waals surface area contributed by atoms with Crippen molar-refractivity contribution in [1.82, 2.24) is 9.97 Å². The van der Waals surface area contributed by atoms with Crippen molar-refractivity contribution in [2.45, 2.75) is 26.2 Å². The fourth-order valence-corrected chi connectivity index (χ4v) is 4.24. The molecule has 0 unspecified atom stereocenters. The van der Waals surface area contributed by atoms with Crippen molar-refractivity contribution in [2.24, 2.45) is 0 Å². The van der Waals surface area contributed by atoms with Gasteiger partial charge >= 0.3 is 0 Å². The molecule has 0 atom stereocenters. The molecule has 4 heteroatoms. The number of aromatic nitrogens is 2. The average Bonchev–Trinajstić information content (AvgIpc) is 2.79. The summed E-state index contributed by atoms with van der Waals surface area (Å²) in [5.74, 6) is 0.682. The van der Waals surface area contributed by atoms with Crippen LogP contribution in [0.5, 0.6) is 5.75 Å². The molecular formula is C27H25FN2O. The minimum absolute atomic E-state index is 0.0621. The smallest absolute Gasteiger partial charge is 0.124 e. The molecule has 0 amide bonds. The molecule has 3 nitrogen and oxygen atoms in total. The molecule has 0 fully saturated rings. The predicted octanol–water partition coefficient (Wildman–Crippen LogP) is 6.28. The molecule has 2 aromatic heterocycles. The number of methoxy groups -OCH3 is 1. The van der Waals surface area contributed by atoms with Crippen LogP contribution in [0.25, 0.3) is 11.1 Å². The van der Waals surface area contributed by atoms with Gasteiger partial charge in [-0.05, 0) is 95.6 Å². The van der Waals surface area contributed by atoms with E-state index in [2.05, 4.69) is 34.2 Å². The number of nitrogens with zero attached hydrogens (tertiary/aromatic N) is 2. The molecule has 4 aromatic rings. The summed E-state index contributed by atoms with van der Waals surface area (Å²) < 4.78 is 19.8. The van der Waals surface area contributed by atoms with Crippen LogP contribution >= 0.6 is 0 Å². The van der Waals surface area contributed by atoms with Crippen LogP contribution in [0.2, 0.25) is 0 Å². The first-order valence-electron chi connectivity index (χ1n) is 10.3. The molecule has 0 saturated carbocycles. The summed E-state index contributed by atoms with van der Waals surface area (Å²) >= 11 is 0. The van der Waals surface area contributed by atoms with Gasteiger partial charge in [-0.15, -0.1) is 0 Å². The molecule has 31 heavy (non-hydrogen) atoms. The lowest BCUT2D eigenvalue weighted by Gasteiger charge is -2.20. The second-order valence-electron chi connectivity index (χ2n) is 7.77. The topological polar surface area (TPSA) is 35.0 Å². The van der Waals surface area contributed by atoms with Crippen LogP contribution in [-0.2, 0) is 6.42 Å². The van der Waals surface area contributed by atoms with E-state index in [1.165, 1.54) is 6.07 Å². The first-order chi connectivity index (χ1) is 15.1. The maximum atomic E-state index is 14.3. The zero-order chi connectivity index (χ0) is 21.8. The maximum Gasteiger partial charge on any atom is 0.124 e. The number of ether oxygens (including phenoxy) is 1. The number of rotatable bonds is 6. The van der Waals surface area contributed by atoms with E-state index in [4.69, 9.17) is 4.74 Å². The molecule has 156 valence electrons. The summed E-state index contributed by atoms with van der Waals surface area (Å²) in [4.78, 5) is 8.63. The van der Waals surface area contributed by atoms with Crippen molar-refractivity contribution in [3.8, 4) is 16.9 Å². The summed E-state index contributed by atoms with van der Waals surface area (Å²) in [7, 11) is 1.68. The second kappa shape index (κ2) is 9.09. The molecule has 0 aliphatic rings. The van der Waals surface area contributed by atoms with Crippen molar-refractivity contribution in [3.63, 3.8) is 0 Å². The molecule has 0 N–H and O–H groups in total. The van der Waals surface area contributed by atoms with E-state index in [1.807, 2.05) is 44.4 Å². The fourth-order valence-electron chi connectivity index (χ4n) is 4.24. The molecular weight excluding hydrogens is 387 g/mol. The van der Waals surface area contributed by atoms with Gasteiger partial charge in [-0.1, -0.05) is 18.2 Å². The highest BCUT2D eigenvalue weighted by Crippen LogP contribution is 2.35. The SMILES string of the molecule is COc1c(C)cc(-c2cc(F)ccc2CC(c2cccnc2)c2cccnc2)cc1C. The van der Waals surface area contributed by atoms with E-state index in [0.717, 1.165) is 44.7 Å². The Hall–Kier alpha value is -3.53. The molecule has 0 radical (unpaired) electrons. The van der Waals surface area contributed by atoms with E-state index in [0.29, 0.717) is 6.42 Å². The predicted molar refractivity (Wildman–Crippen MR) is 122 cm³/mol. The number of benzene rings is 2. The van der Waals surface area contributed by atoms with E-state index >= 15 is 0 Å². The summed E-state index contributed by atoms with van der Waals surface area (Å²) in [5.41, 5.74) is 7.23. The standard InChI is InChI=1S/C27H25FN2O/c1-18-12-23(13-19(2)27(18)31-3)26-15-24(28)9-8-20(26)14-25(21-6-4-10-29-16-21)22-7-5-11-30-17-22/h4-13,15-17,25H,14H2,1-3H3. The minimum Gasteiger partial charge on any atom is -0.496 e. The lowest BCUT2D eigenvalue weighted by atomic mass is 9.84. The van der Waals surface area contributed by atoms with Crippen molar-refractivity contribution >= 4 is 0 Å². The van der Waals surface area contributed by atoms with Gasteiger partial charge in [0.2, 0.25) is 0 Å². The third kappa shape index (κ3) is 4.48. The summed E-state index contributed by atoms with van der Waals surface area (Å²) in [6.07, 6.45) is 8.04. The van der Waals surface area contributed by atoms with Gasteiger partial charge in [-0.25, -0.2) is 4.39 Å². The molecule has 0 aliphatic heterocycles. The van der Waals surface area contributed by atoms with Crippen molar-refractivity contribution < 1.29 is 9.13 Å². The third-order valence-electron chi connectivity index (χ3n) is 5.64. The Morgan fingerprint density at radius 3 is 2.00 bits per heavy atom. The van der Waals surface area contributed by atoms with E-state index in [-0.39, 0.29) is 11.7 Å². The van der Waals surface area contributed by atoms with Crippen molar-refractivity contribution in [3.05, 3.63) is 113 Å². The van der Waals surface area contributed by atoms with Gasteiger partial charge in [-0.2, -0.15) is 0 Å². The number of aryl methyl sites for hydroxylation is 2. The van der Waals surface area contributed by atoms with Gasteiger partial charge in [0.1, 0.15) is 11.6 Å². The molecule has 2 aromatic carbocycles. The van der Waals surface area contributed by atoms with Crippen LogP contribution < -0.4 is 4.74 Å². The second-order valence-corrected chi connectivity index (χ2v) is 7.77. The Labute approximate surface area is 182 Å². The van der Waals surface area contributed by atoms with Crippen LogP contribution in [0.3, 0.4) is 0 Å². The van der Waals surface area contributed by atoms with Gasteiger partial charge in [0.15, 0.2) is 0 Å². The Kier molecular flexibility index (Phi) is 6.08.